The molecule has 4 heterocycles. The third kappa shape index (κ3) is 1.53. The Morgan fingerprint density at radius 2 is 2.25 bits per heavy atom. The molecule has 2 unspecified atom stereocenters. The fraction of sp³-hybridized carbons (Fsp3) is 0.429. The van der Waals surface area contributed by atoms with Crippen LogP contribution in [-0.4, -0.2) is 33.6 Å². The van der Waals surface area contributed by atoms with E-state index in [9.17, 15) is 5.26 Å². The van der Waals surface area contributed by atoms with E-state index in [1.54, 1.807) is 12.5 Å². The van der Waals surface area contributed by atoms with Gasteiger partial charge in [-0.15, -0.1) is 0 Å². The zero-order valence-electron chi connectivity index (χ0n) is 10.9. The Balaban J connectivity index is 1.98. The second-order valence-electron chi connectivity index (χ2n) is 5.16. The first-order chi connectivity index (χ1) is 9.88. The van der Waals surface area contributed by atoms with Gasteiger partial charge in [0.1, 0.15) is 30.2 Å². The van der Waals surface area contributed by atoms with E-state index in [0.717, 1.165) is 36.0 Å². The second kappa shape index (κ2) is 4.30. The molecule has 2 aliphatic rings. The van der Waals surface area contributed by atoms with Crippen molar-refractivity contribution in [2.75, 3.05) is 11.5 Å². The molecule has 2 atom stereocenters. The average Bonchev–Trinajstić information content (AvgIpc) is 2.67. The van der Waals surface area contributed by atoms with E-state index in [0.29, 0.717) is 12.5 Å². The summed E-state index contributed by atoms with van der Waals surface area (Å²) in [4.78, 5) is 15.1. The number of nitriles is 1. The second-order valence-corrected chi connectivity index (χ2v) is 5.16. The Bertz CT molecular complexity index is 705. The molecule has 1 fully saturated rings. The molecule has 0 amide bonds. The van der Waals surface area contributed by atoms with Gasteiger partial charge in [0.15, 0.2) is 0 Å². The van der Waals surface area contributed by atoms with Crippen molar-refractivity contribution < 1.29 is 4.74 Å². The highest BCUT2D eigenvalue weighted by Gasteiger charge is 2.36. The van der Waals surface area contributed by atoms with E-state index in [2.05, 4.69) is 25.9 Å². The Morgan fingerprint density at radius 1 is 1.30 bits per heavy atom. The van der Waals surface area contributed by atoms with Gasteiger partial charge in [0, 0.05) is 6.20 Å². The van der Waals surface area contributed by atoms with E-state index >= 15 is 0 Å². The molecular formula is C14H13N5O. The molecule has 6 nitrogen and oxygen atoms in total. The fourth-order valence-electron chi connectivity index (χ4n) is 3.13. The van der Waals surface area contributed by atoms with Gasteiger partial charge in [0.25, 0.3) is 0 Å². The van der Waals surface area contributed by atoms with Crippen molar-refractivity contribution in [2.24, 2.45) is 0 Å². The highest BCUT2D eigenvalue weighted by Crippen LogP contribution is 2.38. The number of hydrogen-bond acceptors (Lipinski definition) is 6. The number of hydrogen-bond donors (Lipinski definition) is 0. The van der Waals surface area contributed by atoms with Crippen LogP contribution in [0.4, 0.5) is 5.82 Å². The summed E-state index contributed by atoms with van der Waals surface area (Å²) in [6, 6.07) is 4.27. The maximum atomic E-state index is 9.43. The maximum Gasteiger partial charge on any atom is 0.226 e. The van der Waals surface area contributed by atoms with Crippen LogP contribution in [0, 0.1) is 11.3 Å². The van der Waals surface area contributed by atoms with Gasteiger partial charge in [0.05, 0.1) is 17.6 Å². The quantitative estimate of drug-likeness (QED) is 0.722. The molecule has 0 saturated carbocycles. The normalized spacial score (nSPS) is 24.4. The average molecular weight is 267 g/mol. The van der Waals surface area contributed by atoms with Crippen LogP contribution in [0.5, 0.6) is 5.88 Å². The molecule has 0 N–H and O–H groups in total. The van der Waals surface area contributed by atoms with Crippen LogP contribution in [0.15, 0.2) is 18.6 Å². The molecule has 2 aromatic rings. The van der Waals surface area contributed by atoms with Crippen LogP contribution in [0.3, 0.4) is 0 Å². The molecule has 100 valence electrons. The Morgan fingerprint density at radius 3 is 3.15 bits per heavy atom. The third-order valence-electron chi connectivity index (χ3n) is 4.04. The van der Waals surface area contributed by atoms with Crippen molar-refractivity contribution in [1.29, 1.82) is 5.26 Å². The van der Waals surface area contributed by atoms with E-state index in [1.165, 1.54) is 0 Å². The first-order valence-corrected chi connectivity index (χ1v) is 6.79. The number of nitrogens with zero attached hydrogens (tertiary/aromatic N) is 5. The van der Waals surface area contributed by atoms with Crippen molar-refractivity contribution in [1.82, 2.24) is 15.0 Å². The number of rotatable bonds is 0. The van der Waals surface area contributed by atoms with E-state index < -0.39 is 0 Å². The number of ether oxygens (including phenoxy) is 1. The van der Waals surface area contributed by atoms with Gasteiger partial charge >= 0.3 is 0 Å². The van der Waals surface area contributed by atoms with Crippen LogP contribution in [0.25, 0.3) is 10.9 Å². The van der Waals surface area contributed by atoms with Gasteiger partial charge in [-0.05, 0) is 25.3 Å². The van der Waals surface area contributed by atoms with Crippen molar-refractivity contribution in [3.63, 3.8) is 0 Å². The van der Waals surface area contributed by atoms with Crippen LogP contribution in [-0.2, 0) is 0 Å². The number of fused-ring (bicyclic) bond motifs is 2. The smallest absolute Gasteiger partial charge is 0.226 e. The summed E-state index contributed by atoms with van der Waals surface area (Å²) < 4.78 is 5.84. The number of aromatic nitrogens is 3. The summed E-state index contributed by atoms with van der Waals surface area (Å²) in [7, 11) is 0. The minimum atomic E-state index is -0.151. The zero-order valence-corrected chi connectivity index (χ0v) is 10.9. The minimum absolute atomic E-state index is 0.151. The Hall–Kier alpha value is -2.42. The lowest BCUT2D eigenvalue weighted by Crippen LogP contribution is -2.48. The highest BCUT2D eigenvalue weighted by molar-refractivity contribution is 5.94. The topological polar surface area (TPSA) is 74.9 Å². The van der Waals surface area contributed by atoms with Crippen molar-refractivity contribution in [3.05, 3.63) is 18.6 Å². The van der Waals surface area contributed by atoms with Gasteiger partial charge in [-0.1, -0.05) is 0 Å². The highest BCUT2D eigenvalue weighted by atomic mass is 16.5. The molecule has 0 aromatic carbocycles. The number of piperidine rings is 1. The number of pyridine rings is 1. The third-order valence-corrected chi connectivity index (χ3v) is 4.04. The molecule has 0 radical (unpaired) electrons. The maximum absolute atomic E-state index is 9.43. The molecule has 1 saturated heterocycles. The van der Waals surface area contributed by atoms with Crippen LogP contribution >= 0.6 is 0 Å². The van der Waals surface area contributed by atoms with Gasteiger partial charge in [-0.25, -0.2) is 15.0 Å². The largest absolute Gasteiger partial charge is 0.475 e. The molecule has 2 aromatic heterocycles. The van der Waals surface area contributed by atoms with Crippen molar-refractivity contribution in [3.8, 4) is 11.9 Å². The lowest BCUT2D eigenvalue weighted by Gasteiger charge is -2.38. The van der Waals surface area contributed by atoms with E-state index in [1.807, 2.05) is 6.07 Å². The van der Waals surface area contributed by atoms with E-state index in [-0.39, 0.29) is 12.1 Å². The van der Waals surface area contributed by atoms with Crippen molar-refractivity contribution >= 4 is 16.7 Å². The standard InChI is InChI=1S/C14H13N5O/c15-6-9-2-1-3-10-7-20-14-12-11(4-5-16-14)17-8-18-13(12)19(9)10/h4-5,8-10H,1-3,7H2. The summed E-state index contributed by atoms with van der Waals surface area (Å²) in [5.74, 6) is 1.36. The van der Waals surface area contributed by atoms with Crippen molar-refractivity contribution in [2.45, 2.75) is 31.3 Å². The minimum Gasteiger partial charge on any atom is -0.475 e. The molecule has 2 aliphatic heterocycles. The van der Waals surface area contributed by atoms with Crippen LogP contribution < -0.4 is 9.64 Å². The summed E-state index contributed by atoms with van der Waals surface area (Å²) >= 11 is 0. The summed E-state index contributed by atoms with van der Waals surface area (Å²) in [6.45, 7) is 0.542. The Labute approximate surface area is 116 Å². The molecule has 20 heavy (non-hydrogen) atoms. The Kier molecular flexibility index (Phi) is 2.46. The van der Waals surface area contributed by atoms with Gasteiger partial charge < -0.3 is 9.64 Å². The lowest BCUT2D eigenvalue weighted by atomic mass is 9.96. The first-order valence-electron chi connectivity index (χ1n) is 6.79. The molecular weight excluding hydrogens is 254 g/mol. The monoisotopic (exact) mass is 267 g/mol. The van der Waals surface area contributed by atoms with Gasteiger partial charge in [-0.3, -0.25) is 0 Å². The molecule has 0 spiro atoms. The zero-order chi connectivity index (χ0) is 13.5. The number of anilines is 1. The SMILES string of the molecule is N#CC1CCCC2COc3nccc4ncnc(c34)N12. The lowest BCUT2D eigenvalue weighted by molar-refractivity contribution is 0.252. The summed E-state index contributed by atoms with van der Waals surface area (Å²) in [5, 5.41) is 10.3. The first kappa shape index (κ1) is 11.4. The molecule has 0 bridgehead atoms. The van der Waals surface area contributed by atoms with Crippen LogP contribution in [0.1, 0.15) is 19.3 Å². The summed E-state index contributed by atoms with van der Waals surface area (Å²) in [6.07, 6.45) is 6.17. The van der Waals surface area contributed by atoms with Gasteiger partial charge in [0.2, 0.25) is 5.88 Å². The molecule has 6 heteroatoms. The summed E-state index contributed by atoms with van der Waals surface area (Å²) in [5.41, 5.74) is 0.808. The fourth-order valence-corrected chi connectivity index (χ4v) is 3.13. The van der Waals surface area contributed by atoms with Gasteiger partial charge in [-0.2, -0.15) is 5.26 Å². The van der Waals surface area contributed by atoms with E-state index in [4.69, 9.17) is 4.74 Å². The predicted molar refractivity (Wildman–Crippen MR) is 72.3 cm³/mol. The molecule has 0 aliphatic carbocycles. The predicted octanol–water partition coefficient (Wildman–Crippen LogP) is 1.67. The molecule has 4 rings (SSSR count). The van der Waals surface area contributed by atoms with Crippen LogP contribution in [0.2, 0.25) is 0 Å².